The fraction of sp³-hybridized carbons (Fsp3) is 0.647. The summed E-state index contributed by atoms with van der Waals surface area (Å²) in [7, 11) is 0.281. The molecule has 2 saturated heterocycles. The number of hydrogen-bond acceptors (Lipinski definition) is 5. The Bertz CT molecular complexity index is 738. The predicted molar refractivity (Wildman–Crippen MR) is 96.7 cm³/mol. The number of nitrogens with zero attached hydrogens (tertiary/aromatic N) is 4. The second-order valence-corrected chi connectivity index (χ2v) is 9.33. The Kier molecular flexibility index (Phi) is 4.76. The molecule has 0 N–H and O–H groups in total. The van der Waals surface area contributed by atoms with Crippen LogP contribution in [0.5, 0.6) is 0 Å². The first-order chi connectivity index (χ1) is 11.7. The number of anilines is 1. The third kappa shape index (κ3) is 3.37. The highest BCUT2D eigenvalue weighted by molar-refractivity contribution is 7.88. The van der Waals surface area contributed by atoms with Crippen molar-refractivity contribution >= 4 is 21.7 Å². The highest BCUT2D eigenvalue weighted by Gasteiger charge is 2.54. The molecule has 2 fully saturated rings. The van der Waals surface area contributed by atoms with Crippen LogP contribution in [-0.4, -0.2) is 75.0 Å². The number of amides is 1. The molecule has 0 aromatic carbocycles. The number of carbonyl (C=O) groups is 1. The molecule has 2 aliphatic heterocycles. The molecule has 0 radical (unpaired) electrons. The Balaban J connectivity index is 1.97. The SMILES string of the molecule is CN(C)C(=O)[C@]12CCCN(S(C)(=O)=O)C[C@H]1CN(c1ccccn1)C2. The summed E-state index contributed by atoms with van der Waals surface area (Å²) in [4.78, 5) is 21.3. The maximum absolute atomic E-state index is 13.1. The van der Waals surface area contributed by atoms with Gasteiger partial charge >= 0.3 is 0 Å². The quantitative estimate of drug-likeness (QED) is 0.785. The zero-order valence-corrected chi connectivity index (χ0v) is 15.9. The van der Waals surface area contributed by atoms with Gasteiger partial charge in [0.15, 0.2) is 0 Å². The van der Waals surface area contributed by atoms with Gasteiger partial charge in [0.05, 0.1) is 11.7 Å². The summed E-state index contributed by atoms with van der Waals surface area (Å²) in [5.74, 6) is 0.889. The molecule has 2 aliphatic rings. The third-order valence-corrected chi connectivity index (χ3v) is 6.69. The monoisotopic (exact) mass is 366 g/mol. The van der Waals surface area contributed by atoms with Gasteiger partial charge in [0.1, 0.15) is 5.82 Å². The van der Waals surface area contributed by atoms with Gasteiger partial charge in [-0.25, -0.2) is 17.7 Å². The van der Waals surface area contributed by atoms with Crippen molar-refractivity contribution in [1.82, 2.24) is 14.2 Å². The fourth-order valence-corrected chi connectivity index (χ4v) is 5.12. The minimum atomic E-state index is -3.27. The van der Waals surface area contributed by atoms with E-state index in [4.69, 9.17) is 0 Å². The maximum atomic E-state index is 13.1. The van der Waals surface area contributed by atoms with Gasteiger partial charge < -0.3 is 9.80 Å². The number of pyridine rings is 1. The van der Waals surface area contributed by atoms with Crippen molar-refractivity contribution < 1.29 is 13.2 Å². The summed E-state index contributed by atoms with van der Waals surface area (Å²) in [5, 5.41) is 0. The summed E-state index contributed by atoms with van der Waals surface area (Å²) in [6.07, 6.45) is 4.38. The Hall–Kier alpha value is -1.67. The van der Waals surface area contributed by atoms with E-state index in [1.165, 1.54) is 10.6 Å². The minimum Gasteiger partial charge on any atom is -0.355 e. The molecule has 3 rings (SSSR count). The molecule has 0 unspecified atom stereocenters. The molecular weight excluding hydrogens is 340 g/mol. The Labute approximate surface area is 149 Å². The smallest absolute Gasteiger partial charge is 0.230 e. The Morgan fingerprint density at radius 3 is 2.68 bits per heavy atom. The van der Waals surface area contributed by atoms with Crippen molar-refractivity contribution in [1.29, 1.82) is 0 Å². The van der Waals surface area contributed by atoms with Gasteiger partial charge in [-0.2, -0.15) is 0 Å². The molecule has 25 heavy (non-hydrogen) atoms. The van der Waals surface area contributed by atoms with Crippen molar-refractivity contribution in [2.75, 3.05) is 51.4 Å². The summed E-state index contributed by atoms with van der Waals surface area (Å²) in [6, 6.07) is 5.73. The van der Waals surface area contributed by atoms with E-state index in [1.54, 1.807) is 25.2 Å². The molecule has 0 saturated carbocycles. The largest absolute Gasteiger partial charge is 0.355 e. The molecule has 7 nitrogen and oxygen atoms in total. The molecule has 0 spiro atoms. The average Bonchev–Trinajstić information content (AvgIpc) is 2.82. The molecule has 1 amide bonds. The standard InChI is InChI=1S/C17H26N4O3S/c1-19(2)16(22)17-8-6-10-21(25(3,23)24)12-14(17)11-20(13-17)15-7-4-5-9-18-15/h4-5,7,9,14H,6,8,10-13H2,1-3H3/t14-,17+/m1/s1. The lowest BCUT2D eigenvalue weighted by molar-refractivity contribution is -0.141. The van der Waals surface area contributed by atoms with E-state index in [1.807, 2.05) is 18.2 Å². The van der Waals surface area contributed by atoms with Crippen LogP contribution in [0, 0.1) is 11.3 Å². The van der Waals surface area contributed by atoms with Crippen LogP contribution in [0.2, 0.25) is 0 Å². The van der Waals surface area contributed by atoms with Crippen molar-refractivity contribution in [3.63, 3.8) is 0 Å². The van der Waals surface area contributed by atoms with Crippen molar-refractivity contribution in [3.05, 3.63) is 24.4 Å². The number of carbonyl (C=O) groups excluding carboxylic acids is 1. The van der Waals surface area contributed by atoms with E-state index in [0.29, 0.717) is 39.0 Å². The van der Waals surface area contributed by atoms with Crippen molar-refractivity contribution in [3.8, 4) is 0 Å². The van der Waals surface area contributed by atoms with E-state index in [2.05, 4.69) is 9.88 Å². The van der Waals surface area contributed by atoms with E-state index < -0.39 is 15.4 Å². The first-order valence-corrected chi connectivity index (χ1v) is 10.4. The van der Waals surface area contributed by atoms with Crippen LogP contribution in [0.1, 0.15) is 12.8 Å². The van der Waals surface area contributed by atoms with Crippen LogP contribution in [0.25, 0.3) is 0 Å². The molecule has 8 heteroatoms. The number of aromatic nitrogens is 1. The van der Waals surface area contributed by atoms with Gasteiger partial charge in [0.25, 0.3) is 0 Å². The lowest BCUT2D eigenvalue weighted by Gasteiger charge is -2.34. The molecule has 2 atom stereocenters. The van der Waals surface area contributed by atoms with Crippen LogP contribution in [0.3, 0.4) is 0 Å². The maximum Gasteiger partial charge on any atom is 0.230 e. The normalized spacial score (nSPS) is 27.6. The van der Waals surface area contributed by atoms with Crippen LogP contribution in [0.4, 0.5) is 5.82 Å². The van der Waals surface area contributed by atoms with E-state index >= 15 is 0 Å². The zero-order valence-electron chi connectivity index (χ0n) is 15.1. The molecule has 138 valence electrons. The molecular formula is C17H26N4O3S. The predicted octanol–water partition coefficient (Wildman–Crippen LogP) is 0.648. The second kappa shape index (κ2) is 6.57. The third-order valence-electron chi connectivity index (χ3n) is 5.42. The van der Waals surface area contributed by atoms with E-state index in [0.717, 1.165) is 5.82 Å². The summed E-state index contributed by atoms with van der Waals surface area (Å²) in [5.41, 5.74) is -0.555. The second-order valence-electron chi connectivity index (χ2n) is 7.35. The van der Waals surface area contributed by atoms with Crippen LogP contribution < -0.4 is 4.90 Å². The topological polar surface area (TPSA) is 73.8 Å². The van der Waals surface area contributed by atoms with Gasteiger partial charge in [-0.1, -0.05) is 6.07 Å². The summed E-state index contributed by atoms with van der Waals surface area (Å²) < 4.78 is 25.7. The summed E-state index contributed by atoms with van der Waals surface area (Å²) in [6.45, 7) is 2.11. The minimum absolute atomic E-state index is 0.0402. The average molecular weight is 366 g/mol. The highest BCUT2D eigenvalue weighted by atomic mass is 32.2. The lowest BCUT2D eigenvalue weighted by atomic mass is 9.74. The number of sulfonamides is 1. The van der Waals surface area contributed by atoms with Crippen LogP contribution in [0.15, 0.2) is 24.4 Å². The highest BCUT2D eigenvalue weighted by Crippen LogP contribution is 2.45. The van der Waals surface area contributed by atoms with Crippen LogP contribution in [-0.2, 0) is 14.8 Å². The van der Waals surface area contributed by atoms with Gasteiger partial charge in [0.2, 0.25) is 15.9 Å². The first kappa shape index (κ1) is 18.1. The van der Waals surface area contributed by atoms with E-state index in [-0.39, 0.29) is 11.8 Å². The van der Waals surface area contributed by atoms with Crippen LogP contribution >= 0.6 is 0 Å². The first-order valence-electron chi connectivity index (χ1n) is 8.57. The number of rotatable bonds is 3. The Morgan fingerprint density at radius 2 is 2.08 bits per heavy atom. The van der Waals surface area contributed by atoms with E-state index in [9.17, 15) is 13.2 Å². The number of hydrogen-bond donors (Lipinski definition) is 0. The molecule has 3 heterocycles. The number of fused-ring (bicyclic) bond motifs is 1. The summed E-state index contributed by atoms with van der Waals surface area (Å²) >= 11 is 0. The molecule has 1 aromatic rings. The molecule has 0 bridgehead atoms. The lowest BCUT2D eigenvalue weighted by Crippen LogP contribution is -2.47. The molecule has 0 aliphatic carbocycles. The van der Waals surface area contributed by atoms with Gasteiger partial charge in [-0.05, 0) is 25.0 Å². The van der Waals surface area contributed by atoms with Gasteiger partial charge in [-0.3, -0.25) is 4.79 Å². The fourth-order valence-electron chi connectivity index (χ4n) is 4.21. The van der Waals surface area contributed by atoms with Crippen molar-refractivity contribution in [2.24, 2.45) is 11.3 Å². The van der Waals surface area contributed by atoms with Gasteiger partial charge in [-0.15, -0.1) is 0 Å². The Morgan fingerprint density at radius 1 is 1.32 bits per heavy atom. The van der Waals surface area contributed by atoms with Crippen molar-refractivity contribution in [2.45, 2.75) is 12.8 Å². The molecule has 1 aromatic heterocycles. The zero-order chi connectivity index (χ0) is 18.2. The van der Waals surface area contributed by atoms with Gasteiger partial charge in [0, 0.05) is 52.4 Å².